The number of primary sulfonamides is 1. The van der Waals surface area contributed by atoms with Crippen molar-refractivity contribution >= 4 is 32.7 Å². The second-order valence-corrected chi connectivity index (χ2v) is 9.88. The van der Waals surface area contributed by atoms with E-state index in [0.717, 1.165) is 5.56 Å². The van der Waals surface area contributed by atoms with Gasteiger partial charge in [-0.2, -0.15) is 0 Å². The molecule has 10 heteroatoms. The molecule has 2 heterocycles. The number of amides is 1. The normalized spacial score (nSPS) is 11.7. The van der Waals surface area contributed by atoms with Crippen molar-refractivity contribution in [2.24, 2.45) is 5.14 Å². The van der Waals surface area contributed by atoms with Gasteiger partial charge in [-0.05, 0) is 35.2 Å². The van der Waals surface area contributed by atoms with E-state index >= 15 is 0 Å². The van der Waals surface area contributed by atoms with Crippen LogP contribution in [0.25, 0.3) is 11.0 Å². The zero-order chi connectivity index (χ0) is 25.3. The third-order valence-corrected chi connectivity index (χ3v) is 6.58. The molecule has 0 spiro atoms. The number of anilines is 1. The summed E-state index contributed by atoms with van der Waals surface area (Å²) in [5, 5.41) is 19.0. The summed E-state index contributed by atoms with van der Waals surface area (Å²) < 4.78 is 25.7. The Bertz CT molecular complexity index is 1600. The summed E-state index contributed by atoms with van der Waals surface area (Å²) in [6.45, 7) is 3.76. The number of nitrogens with two attached hydrogens (primary N) is 1. The van der Waals surface area contributed by atoms with Gasteiger partial charge in [0.1, 0.15) is 21.9 Å². The molecular weight excluding hydrogens is 468 g/mol. The van der Waals surface area contributed by atoms with Gasteiger partial charge in [0.15, 0.2) is 0 Å². The second kappa shape index (κ2) is 9.32. The molecular formula is C25H24N4O5S. The lowest BCUT2D eigenvalue weighted by Gasteiger charge is -2.18. The fourth-order valence-corrected chi connectivity index (χ4v) is 4.68. The Hall–Kier alpha value is -4.02. The van der Waals surface area contributed by atoms with Crippen LogP contribution in [0, 0.1) is 0 Å². The lowest BCUT2D eigenvalue weighted by molar-refractivity contribution is 0.102. The number of hydrogen-bond donors (Lipinski definition) is 3. The molecule has 0 saturated carbocycles. The molecule has 180 valence electrons. The van der Waals surface area contributed by atoms with Crippen molar-refractivity contribution in [2.75, 3.05) is 5.32 Å². The van der Waals surface area contributed by atoms with Crippen LogP contribution in [-0.4, -0.2) is 29.0 Å². The highest BCUT2D eigenvalue weighted by molar-refractivity contribution is 7.89. The van der Waals surface area contributed by atoms with Crippen molar-refractivity contribution in [3.8, 4) is 5.75 Å². The first-order valence-corrected chi connectivity index (χ1v) is 12.4. The highest BCUT2D eigenvalue weighted by Gasteiger charge is 2.26. The number of nitrogens with zero attached hydrogens (tertiary/aromatic N) is 2. The molecule has 0 saturated heterocycles. The fraction of sp³-hybridized carbons (Fsp3) is 0.160. The lowest BCUT2D eigenvalue weighted by atomic mass is 10.0. The van der Waals surface area contributed by atoms with Gasteiger partial charge in [-0.3, -0.25) is 14.2 Å². The summed E-state index contributed by atoms with van der Waals surface area (Å²) >= 11 is 0. The van der Waals surface area contributed by atoms with Crippen molar-refractivity contribution in [1.82, 2.24) is 9.55 Å². The number of nitrogens with one attached hydrogen (secondary N) is 1. The summed E-state index contributed by atoms with van der Waals surface area (Å²) in [5.41, 5.74) is 0.184. The number of sulfonamides is 1. The second-order valence-electron chi connectivity index (χ2n) is 8.35. The van der Waals surface area contributed by atoms with Crippen molar-refractivity contribution in [3.05, 3.63) is 93.9 Å². The molecule has 0 atom stereocenters. The van der Waals surface area contributed by atoms with Crippen LogP contribution < -0.4 is 16.0 Å². The monoisotopic (exact) mass is 492 g/mol. The Kier molecular flexibility index (Phi) is 6.42. The van der Waals surface area contributed by atoms with Crippen molar-refractivity contribution < 1.29 is 18.3 Å². The predicted octanol–water partition coefficient (Wildman–Crippen LogP) is 3.17. The average Bonchev–Trinajstić information content (AvgIpc) is 2.82. The van der Waals surface area contributed by atoms with E-state index in [1.165, 1.54) is 22.9 Å². The maximum atomic E-state index is 13.5. The molecule has 0 aliphatic carbocycles. The molecule has 35 heavy (non-hydrogen) atoms. The van der Waals surface area contributed by atoms with E-state index in [2.05, 4.69) is 10.3 Å². The van der Waals surface area contributed by atoms with E-state index in [-0.39, 0.29) is 34.1 Å². The third kappa shape index (κ3) is 4.66. The van der Waals surface area contributed by atoms with Crippen LogP contribution in [0.2, 0.25) is 0 Å². The summed E-state index contributed by atoms with van der Waals surface area (Å²) in [6, 6.07) is 16.7. The van der Waals surface area contributed by atoms with Gasteiger partial charge in [0.25, 0.3) is 11.5 Å². The molecule has 0 aliphatic heterocycles. The quantitative estimate of drug-likeness (QED) is 0.377. The minimum absolute atomic E-state index is 0.0327. The number of carbonyl (C=O) groups excluding carboxylic acids is 1. The zero-order valence-electron chi connectivity index (χ0n) is 19.1. The van der Waals surface area contributed by atoms with E-state index in [0.29, 0.717) is 5.56 Å². The van der Waals surface area contributed by atoms with E-state index in [4.69, 9.17) is 5.14 Å². The first kappa shape index (κ1) is 24.1. The lowest BCUT2D eigenvalue weighted by Crippen LogP contribution is -2.31. The van der Waals surface area contributed by atoms with Crippen LogP contribution in [0.15, 0.2) is 76.6 Å². The van der Waals surface area contributed by atoms with Gasteiger partial charge in [0, 0.05) is 6.20 Å². The highest BCUT2D eigenvalue weighted by Crippen LogP contribution is 2.32. The first-order chi connectivity index (χ1) is 16.6. The number of aromatic nitrogens is 2. The SMILES string of the molecule is CC(C)c1cccc(S(N)(=O)=O)c1NC(=O)c1c(O)c2cccnc2n(Cc2ccccc2)c1=O. The summed E-state index contributed by atoms with van der Waals surface area (Å²) in [5.74, 6) is -1.67. The molecule has 2 aromatic heterocycles. The number of carbonyl (C=O) groups is 1. The van der Waals surface area contributed by atoms with Crippen LogP contribution in [-0.2, 0) is 16.6 Å². The molecule has 0 unspecified atom stereocenters. The van der Waals surface area contributed by atoms with Crippen LogP contribution in [0.4, 0.5) is 5.69 Å². The van der Waals surface area contributed by atoms with Gasteiger partial charge in [-0.15, -0.1) is 0 Å². The van der Waals surface area contributed by atoms with E-state index < -0.39 is 32.8 Å². The summed E-state index contributed by atoms with van der Waals surface area (Å²) in [7, 11) is -4.19. The average molecular weight is 493 g/mol. The molecule has 1 amide bonds. The topological polar surface area (TPSA) is 144 Å². The molecule has 0 bridgehead atoms. The van der Waals surface area contributed by atoms with E-state index in [9.17, 15) is 23.1 Å². The Balaban J connectivity index is 1.91. The van der Waals surface area contributed by atoms with E-state index in [1.54, 1.807) is 18.2 Å². The fourth-order valence-electron chi connectivity index (χ4n) is 3.96. The summed E-state index contributed by atoms with van der Waals surface area (Å²) in [4.78, 5) is 30.9. The number of fused-ring (bicyclic) bond motifs is 1. The predicted molar refractivity (Wildman–Crippen MR) is 133 cm³/mol. The van der Waals surface area contributed by atoms with Gasteiger partial charge in [-0.25, -0.2) is 18.5 Å². The van der Waals surface area contributed by atoms with Crippen molar-refractivity contribution in [2.45, 2.75) is 31.2 Å². The minimum atomic E-state index is -4.19. The van der Waals surface area contributed by atoms with Gasteiger partial charge in [-0.1, -0.05) is 56.3 Å². The van der Waals surface area contributed by atoms with Crippen LogP contribution >= 0.6 is 0 Å². The maximum Gasteiger partial charge on any atom is 0.269 e. The molecule has 0 radical (unpaired) electrons. The van der Waals surface area contributed by atoms with Gasteiger partial charge < -0.3 is 10.4 Å². The first-order valence-electron chi connectivity index (χ1n) is 10.8. The standard InChI is InChI=1S/C25H24N4O5S/c1-15(2)17-10-6-12-19(35(26,33)34)21(17)28-24(31)20-22(30)18-11-7-13-27-23(18)29(25(20)32)14-16-8-4-3-5-9-16/h3-13,15,30H,14H2,1-2H3,(H,28,31)(H2,26,33,34). The third-order valence-electron chi connectivity index (χ3n) is 5.63. The van der Waals surface area contributed by atoms with E-state index in [1.807, 2.05) is 44.2 Å². The Morgan fingerprint density at radius 3 is 2.46 bits per heavy atom. The number of aromatic hydroxyl groups is 1. The number of rotatable bonds is 6. The van der Waals surface area contributed by atoms with Crippen molar-refractivity contribution in [1.29, 1.82) is 0 Å². The molecule has 9 nitrogen and oxygen atoms in total. The Morgan fingerprint density at radius 2 is 1.80 bits per heavy atom. The van der Waals surface area contributed by atoms with Gasteiger partial charge in [0.2, 0.25) is 10.0 Å². The van der Waals surface area contributed by atoms with Crippen LogP contribution in [0.5, 0.6) is 5.75 Å². The molecule has 0 fully saturated rings. The molecule has 4 rings (SSSR count). The van der Waals surface area contributed by atoms with Crippen molar-refractivity contribution in [3.63, 3.8) is 0 Å². The number of para-hydroxylation sites is 1. The number of pyridine rings is 2. The zero-order valence-corrected chi connectivity index (χ0v) is 19.9. The minimum Gasteiger partial charge on any atom is -0.506 e. The van der Waals surface area contributed by atoms with Crippen LogP contribution in [0.3, 0.4) is 0 Å². The van der Waals surface area contributed by atoms with Gasteiger partial charge >= 0.3 is 0 Å². The number of hydrogen-bond acceptors (Lipinski definition) is 6. The Labute approximate surface area is 201 Å². The van der Waals surface area contributed by atoms with Crippen LogP contribution in [0.1, 0.15) is 41.3 Å². The number of benzene rings is 2. The maximum absolute atomic E-state index is 13.5. The van der Waals surface area contributed by atoms with Gasteiger partial charge in [0.05, 0.1) is 17.6 Å². The summed E-state index contributed by atoms with van der Waals surface area (Å²) in [6.07, 6.45) is 1.49. The largest absolute Gasteiger partial charge is 0.506 e. The highest BCUT2D eigenvalue weighted by atomic mass is 32.2. The molecule has 0 aliphatic rings. The molecule has 2 aromatic carbocycles. The molecule has 4 aromatic rings. The smallest absolute Gasteiger partial charge is 0.269 e. The molecule has 4 N–H and O–H groups in total. The Morgan fingerprint density at radius 1 is 1.09 bits per heavy atom.